The van der Waals surface area contributed by atoms with E-state index in [1.807, 2.05) is 43.3 Å². The number of carbonyl (C=O) groups excluding carboxylic acids is 2. The Kier molecular flexibility index (Phi) is 6.48. The molecule has 5 heteroatoms. The predicted octanol–water partition coefficient (Wildman–Crippen LogP) is 3.87. The zero-order valence-corrected chi connectivity index (χ0v) is 16.3. The molecule has 2 aromatic rings. The number of hydrogen-bond donors (Lipinski definition) is 2. The summed E-state index contributed by atoms with van der Waals surface area (Å²) in [6, 6.07) is 15.2. The first kappa shape index (κ1) is 19.7. The van der Waals surface area contributed by atoms with Crippen LogP contribution in [0.25, 0.3) is 6.08 Å². The van der Waals surface area contributed by atoms with Crippen LogP contribution in [0.4, 0.5) is 0 Å². The zero-order chi connectivity index (χ0) is 19.9. The van der Waals surface area contributed by atoms with Crippen molar-refractivity contribution < 1.29 is 14.3 Å². The number of methoxy groups -OCH3 is 1. The highest BCUT2D eigenvalue weighted by Gasteiger charge is 2.23. The van der Waals surface area contributed by atoms with Gasteiger partial charge < -0.3 is 15.4 Å². The molecule has 3 rings (SSSR count). The Balaban J connectivity index is 1.56. The molecule has 0 heterocycles. The normalized spacial score (nSPS) is 14.5. The standard InChI is InChI=1S/C23H26N2O3/c1-3-21(17-9-13-20(28-2)14-10-17)25-22(26)15-6-16-4-7-18(8-5-16)23(27)24-19-11-12-19/h4-10,13-15,19,21H,3,11-12H2,1-2H3,(H,24,27)(H,25,26)/b15-6+. The first-order valence-electron chi connectivity index (χ1n) is 9.62. The van der Waals surface area contributed by atoms with Crippen LogP contribution in [0.15, 0.2) is 54.6 Å². The maximum absolute atomic E-state index is 12.3. The van der Waals surface area contributed by atoms with Crippen LogP contribution in [-0.2, 0) is 4.79 Å². The smallest absolute Gasteiger partial charge is 0.251 e. The number of benzene rings is 2. The van der Waals surface area contributed by atoms with E-state index >= 15 is 0 Å². The fourth-order valence-electron chi connectivity index (χ4n) is 2.89. The maximum atomic E-state index is 12.3. The number of ether oxygens (including phenoxy) is 1. The van der Waals surface area contributed by atoms with Gasteiger partial charge in [0.25, 0.3) is 5.91 Å². The van der Waals surface area contributed by atoms with Gasteiger partial charge in [0.2, 0.25) is 5.91 Å². The molecule has 5 nitrogen and oxygen atoms in total. The van der Waals surface area contributed by atoms with Crippen molar-refractivity contribution in [2.75, 3.05) is 7.11 Å². The molecule has 1 unspecified atom stereocenters. The molecule has 2 aromatic carbocycles. The third kappa shape index (κ3) is 5.46. The lowest BCUT2D eigenvalue weighted by molar-refractivity contribution is -0.117. The SMILES string of the molecule is CCC(NC(=O)/C=C/c1ccc(C(=O)NC2CC2)cc1)c1ccc(OC)cc1. The number of rotatable bonds is 8. The lowest BCUT2D eigenvalue weighted by Gasteiger charge is -2.16. The Bertz CT molecular complexity index is 837. The average Bonchev–Trinajstić information content (AvgIpc) is 3.55. The van der Waals surface area contributed by atoms with E-state index in [9.17, 15) is 9.59 Å². The third-order valence-corrected chi connectivity index (χ3v) is 4.76. The summed E-state index contributed by atoms with van der Waals surface area (Å²) in [4.78, 5) is 24.3. The summed E-state index contributed by atoms with van der Waals surface area (Å²) in [6.07, 6.45) is 6.19. The van der Waals surface area contributed by atoms with Gasteiger partial charge >= 0.3 is 0 Å². The van der Waals surface area contributed by atoms with Gasteiger partial charge in [-0.05, 0) is 60.7 Å². The molecule has 0 aliphatic heterocycles. The first-order chi connectivity index (χ1) is 13.6. The van der Waals surface area contributed by atoms with Crippen molar-refractivity contribution in [1.29, 1.82) is 0 Å². The first-order valence-corrected chi connectivity index (χ1v) is 9.62. The van der Waals surface area contributed by atoms with Crippen LogP contribution in [0.5, 0.6) is 5.75 Å². The molecule has 28 heavy (non-hydrogen) atoms. The Morgan fingerprint density at radius 3 is 2.36 bits per heavy atom. The predicted molar refractivity (Wildman–Crippen MR) is 110 cm³/mol. The van der Waals surface area contributed by atoms with Crippen molar-refractivity contribution in [3.63, 3.8) is 0 Å². The van der Waals surface area contributed by atoms with Gasteiger partial charge in [-0.15, -0.1) is 0 Å². The minimum Gasteiger partial charge on any atom is -0.497 e. The van der Waals surface area contributed by atoms with Crippen LogP contribution in [-0.4, -0.2) is 25.0 Å². The molecule has 1 atom stereocenters. The zero-order valence-electron chi connectivity index (χ0n) is 16.3. The van der Waals surface area contributed by atoms with Gasteiger partial charge in [0.15, 0.2) is 0 Å². The van der Waals surface area contributed by atoms with Gasteiger partial charge in [-0.3, -0.25) is 9.59 Å². The molecule has 1 fully saturated rings. The summed E-state index contributed by atoms with van der Waals surface area (Å²) in [7, 11) is 1.63. The van der Waals surface area contributed by atoms with Crippen LogP contribution in [0.1, 0.15) is 53.7 Å². The monoisotopic (exact) mass is 378 g/mol. The fourth-order valence-corrected chi connectivity index (χ4v) is 2.89. The van der Waals surface area contributed by atoms with Crippen LogP contribution in [0.3, 0.4) is 0 Å². The third-order valence-electron chi connectivity index (χ3n) is 4.76. The lowest BCUT2D eigenvalue weighted by atomic mass is 10.0. The number of nitrogens with one attached hydrogen (secondary N) is 2. The second-order valence-electron chi connectivity index (χ2n) is 6.95. The molecule has 0 radical (unpaired) electrons. The molecular formula is C23H26N2O3. The number of amides is 2. The van der Waals surface area contributed by atoms with E-state index in [0.29, 0.717) is 11.6 Å². The summed E-state index contributed by atoms with van der Waals surface area (Å²) in [5.74, 6) is 0.596. The highest BCUT2D eigenvalue weighted by Crippen LogP contribution is 2.21. The number of hydrogen-bond acceptors (Lipinski definition) is 3. The molecule has 146 valence electrons. The summed E-state index contributed by atoms with van der Waals surface area (Å²) >= 11 is 0. The second kappa shape index (κ2) is 9.22. The quantitative estimate of drug-likeness (QED) is 0.685. The Hall–Kier alpha value is -3.08. The molecule has 1 aliphatic carbocycles. The summed E-state index contributed by atoms with van der Waals surface area (Å²) in [5, 5.41) is 5.98. The topological polar surface area (TPSA) is 67.4 Å². The van der Waals surface area contributed by atoms with Crippen LogP contribution in [0.2, 0.25) is 0 Å². The van der Waals surface area contributed by atoms with Crippen molar-refractivity contribution in [2.45, 2.75) is 38.3 Å². The molecule has 0 saturated heterocycles. The van der Waals surface area contributed by atoms with Crippen molar-refractivity contribution in [2.24, 2.45) is 0 Å². The molecule has 1 saturated carbocycles. The largest absolute Gasteiger partial charge is 0.497 e. The van der Waals surface area contributed by atoms with Crippen molar-refractivity contribution in [1.82, 2.24) is 10.6 Å². The van der Waals surface area contributed by atoms with Gasteiger partial charge in [-0.2, -0.15) is 0 Å². The molecular weight excluding hydrogens is 352 g/mol. The molecule has 2 N–H and O–H groups in total. The van der Waals surface area contributed by atoms with E-state index in [0.717, 1.165) is 36.1 Å². The van der Waals surface area contributed by atoms with Gasteiger partial charge in [-0.1, -0.05) is 31.2 Å². The van der Waals surface area contributed by atoms with E-state index in [4.69, 9.17) is 4.74 Å². The van der Waals surface area contributed by atoms with Gasteiger partial charge in [0, 0.05) is 17.7 Å². The maximum Gasteiger partial charge on any atom is 0.251 e. The van der Waals surface area contributed by atoms with E-state index in [1.54, 1.807) is 25.3 Å². The van der Waals surface area contributed by atoms with Crippen LogP contribution >= 0.6 is 0 Å². The van der Waals surface area contributed by atoms with Crippen LogP contribution < -0.4 is 15.4 Å². The summed E-state index contributed by atoms with van der Waals surface area (Å²) in [6.45, 7) is 2.03. The van der Waals surface area contributed by atoms with E-state index in [1.165, 1.54) is 6.08 Å². The Morgan fingerprint density at radius 2 is 1.79 bits per heavy atom. The highest BCUT2D eigenvalue weighted by atomic mass is 16.5. The molecule has 0 spiro atoms. The fraction of sp³-hybridized carbons (Fsp3) is 0.304. The van der Waals surface area contributed by atoms with E-state index < -0.39 is 0 Å². The number of carbonyl (C=O) groups is 2. The Morgan fingerprint density at radius 1 is 1.11 bits per heavy atom. The Labute approximate surface area is 165 Å². The molecule has 0 aromatic heterocycles. The molecule has 2 amide bonds. The highest BCUT2D eigenvalue weighted by molar-refractivity contribution is 5.95. The average molecular weight is 378 g/mol. The summed E-state index contributed by atoms with van der Waals surface area (Å²) in [5.41, 5.74) is 2.55. The van der Waals surface area contributed by atoms with Crippen LogP contribution in [0, 0.1) is 0 Å². The van der Waals surface area contributed by atoms with E-state index in [2.05, 4.69) is 10.6 Å². The van der Waals surface area contributed by atoms with Gasteiger partial charge in [0.05, 0.1) is 13.2 Å². The van der Waals surface area contributed by atoms with Crippen molar-refractivity contribution in [3.8, 4) is 5.75 Å². The minimum atomic E-state index is -0.154. The lowest BCUT2D eigenvalue weighted by Crippen LogP contribution is -2.26. The van der Waals surface area contributed by atoms with Gasteiger partial charge in [-0.25, -0.2) is 0 Å². The molecule has 0 bridgehead atoms. The summed E-state index contributed by atoms with van der Waals surface area (Å²) < 4.78 is 5.17. The minimum absolute atomic E-state index is 0.0407. The van der Waals surface area contributed by atoms with Crippen molar-refractivity contribution in [3.05, 3.63) is 71.3 Å². The van der Waals surface area contributed by atoms with Crippen molar-refractivity contribution >= 4 is 17.9 Å². The van der Waals surface area contributed by atoms with Gasteiger partial charge in [0.1, 0.15) is 5.75 Å². The molecule has 1 aliphatic rings. The van der Waals surface area contributed by atoms with E-state index in [-0.39, 0.29) is 17.9 Å². The second-order valence-corrected chi connectivity index (χ2v) is 6.95.